The van der Waals surface area contributed by atoms with E-state index in [1.165, 1.54) is 24.1 Å². The van der Waals surface area contributed by atoms with E-state index in [2.05, 4.69) is 20.9 Å². The average molecular weight is 144 g/mol. The Labute approximate surface area is 63.4 Å². The first-order valence-electron chi connectivity index (χ1n) is 4.11. The van der Waals surface area contributed by atoms with Crippen molar-refractivity contribution in [3.63, 3.8) is 0 Å². The Hall–Kier alpha value is -0.0800. The summed E-state index contributed by atoms with van der Waals surface area (Å²) >= 11 is 0. The second kappa shape index (κ2) is 2.89. The van der Waals surface area contributed by atoms with Crippen LogP contribution in [0.3, 0.4) is 0 Å². The van der Waals surface area contributed by atoms with Gasteiger partial charge in [-0.1, -0.05) is 0 Å². The lowest BCUT2D eigenvalue weighted by molar-refractivity contribution is -0.918. The molecule has 0 aromatic heterocycles. The van der Waals surface area contributed by atoms with Crippen LogP contribution in [0.5, 0.6) is 0 Å². The lowest BCUT2D eigenvalue weighted by atomic mass is 10.2. The van der Waals surface area contributed by atoms with Gasteiger partial charge in [-0.15, -0.1) is 0 Å². The molecule has 0 aromatic rings. The predicted octanol–water partition coefficient (Wildman–Crippen LogP) is 0.872. The lowest BCUT2D eigenvalue weighted by Gasteiger charge is -2.39. The van der Waals surface area contributed by atoms with Crippen LogP contribution in [0.2, 0.25) is 0 Å². The summed E-state index contributed by atoms with van der Waals surface area (Å²) in [6, 6.07) is 0. The topological polar surface area (TPSA) is 9.23 Å². The number of hydrogen-bond acceptors (Lipinski definition) is 1. The minimum atomic E-state index is 0.457. The van der Waals surface area contributed by atoms with E-state index < -0.39 is 0 Å². The molecule has 10 heavy (non-hydrogen) atoms. The third kappa shape index (κ3) is 1.70. The number of nitrogens with zero attached hydrogens (tertiary/aromatic N) is 1. The molecular weight excluding hydrogens is 126 g/mol. The third-order valence-corrected chi connectivity index (χ3v) is 2.49. The van der Waals surface area contributed by atoms with Gasteiger partial charge in [0.25, 0.3) is 0 Å². The van der Waals surface area contributed by atoms with Crippen LogP contribution in [-0.2, 0) is 4.74 Å². The first-order valence-corrected chi connectivity index (χ1v) is 4.11. The Kier molecular flexibility index (Phi) is 2.32. The first kappa shape index (κ1) is 8.02. The fraction of sp³-hybridized carbons (Fsp3) is 1.00. The second-order valence-corrected chi connectivity index (χ2v) is 3.52. The molecule has 2 unspecified atom stereocenters. The van der Waals surface area contributed by atoms with Gasteiger partial charge in [-0.05, 0) is 13.8 Å². The van der Waals surface area contributed by atoms with Crippen molar-refractivity contribution in [2.45, 2.75) is 20.0 Å². The maximum absolute atomic E-state index is 5.46. The van der Waals surface area contributed by atoms with E-state index in [4.69, 9.17) is 4.74 Å². The molecule has 0 radical (unpaired) electrons. The molecule has 0 saturated carbocycles. The van der Waals surface area contributed by atoms with Crippen molar-refractivity contribution in [3.8, 4) is 0 Å². The number of hydrogen-bond donors (Lipinski definition) is 0. The van der Waals surface area contributed by atoms with Crippen molar-refractivity contribution < 1.29 is 9.22 Å². The quantitative estimate of drug-likeness (QED) is 0.496. The van der Waals surface area contributed by atoms with Crippen molar-refractivity contribution in [1.29, 1.82) is 0 Å². The van der Waals surface area contributed by atoms with Crippen LogP contribution < -0.4 is 0 Å². The van der Waals surface area contributed by atoms with E-state index in [-0.39, 0.29) is 0 Å². The fourth-order valence-electron chi connectivity index (χ4n) is 1.53. The number of likely N-dealkylation sites (N-methyl/N-ethyl adjacent to an activating group) is 1. The summed E-state index contributed by atoms with van der Waals surface area (Å²) in [5.74, 6) is 0. The Morgan fingerprint density at radius 3 is 2.70 bits per heavy atom. The molecular formula is C8H18NO+. The van der Waals surface area contributed by atoms with Crippen LogP contribution in [-0.4, -0.2) is 43.9 Å². The zero-order valence-electron chi connectivity index (χ0n) is 7.26. The van der Waals surface area contributed by atoms with Crippen LogP contribution in [0, 0.1) is 0 Å². The van der Waals surface area contributed by atoms with E-state index in [0.29, 0.717) is 6.10 Å². The molecule has 0 aromatic carbocycles. The molecule has 0 N–H and O–H groups in total. The molecule has 1 saturated heterocycles. The molecule has 1 aliphatic heterocycles. The zero-order valence-corrected chi connectivity index (χ0v) is 7.26. The maximum atomic E-state index is 5.46. The van der Waals surface area contributed by atoms with Crippen molar-refractivity contribution in [3.05, 3.63) is 0 Å². The smallest absolute Gasteiger partial charge is 0.105 e. The summed E-state index contributed by atoms with van der Waals surface area (Å²) in [7, 11) is 2.30. The average Bonchev–Trinajstić information content (AvgIpc) is 1.88. The monoisotopic (exact) mass is 144 g/mol. The number of rotatable bonds is 1. The summed E-state index contributed by atoms with van der Waals surface area (Å²) in [5.41, 5.74) is 0. The van der Waals surface area contributed by atoms with Crippen LogP contribution >= 0.6 is 0 Å². The maximum Gasteiger partial charge on any atom is 0.105 e. The first-order chi connectivity index (χ1) is 4.66. The van der Waals surface area contributed by atoms with Gasteiger partial charge < -0.3 is 9.22 Å². The molecule has 0 spiro atoms. The number of ether oxygens (including phenoxy) is 1. The summed E-state index contributed by atoms with van der Waals surface area (Å²) in [6.45, 7) is 8.93. The van der Waals surface area contributed by atoms with Gasteiger partial charge in [-0.25, -0.2) is 0 Å². The van der Waals surface area contributed by atoms with E-state index in [9.17, 15) is 0 Å². The Balaban J connectivity index is 2.45. The molecule has 2 heteroatoms. The minimum absolute atomic E-state index is 0.457. The van der Waals surface area contributed by atoms with Gasteiger partial charge in [-0.3, -0.25) is 0 Å². The van der Waals surface area contributed by atoms with Crippen LogP contribution in [0.25, 0.3) is 0 Å². The summed E-state index contributed by atoms with van der Waals surface area (Å²) in [5, 5.41) is 0. The summed E-state index contributed by atoms with van der Waals surface area (Å²) in [6.07, 6.45) is 0.457. The number of morpholine rings is 1. The molecule has 0 aliphatic carbocycles. The SMILES string of the molecule is CC[N+]1(C)CCOC(C)C1. The van der Waals surface area contributed by atoms with Crippen molar-refractivity contribution in [1.82, 2.24) is 0 Å². The van der Waals surface area contributed by atoms with E-state index >= 15 is 0 Å². The Bertz CT molecular complexity index is 116. The molecule has 60 valence electrons. The highest BCUT2D eigenvalue weighted by atomic mass is 16.5. The van der Waals surface area contributed by atoms with Crippen LogP contribution in [0.1, 0.15) is 13.8 Å². The Morgan fingerprint density at radius 1 is 1.60 bits per heavy atom. The standard InChI is InChI=1S/C8H18NO/c1-4-9(3)5-6-10-8(2)7-9/h8H,4-7H2,1-3H3/q+1. The molecule has 1 aliphatic rings. The summed E-state index contributed by atoms with van der Waals surface area (Å²) < 4.78 is 6.64. The third-order valence-electron chi connectivity index (χ3n) is 2.49. The lowest BCUT2D eigenvalue weighted by Crippen LogP contribution is -2.54. The molecule has 1 rings (SSSR count). The highest BCUT2D eigenvalue weighted by molar-refractivity contribution is 4.54. The van der Waals surface area contributed by atoms with Crippen LogP contribution in [0.4, 0.5) is 0 Å². The normalized spacial score (nSPS) is 41.7. The summed E-state index contributed by atoms with van der Waals surface area (Å²) in [4.78, 5) is 0. The molecule has 2 atom stereocenters. The van der Waals surface area contributed by atoms with E-state index in [0.717, 1.165) is 6.61 Å². The molecule has 1 heterocycles. The predicted molar refractivity (Wildman–Crippen MR) is 41.9 cm³/mol. The van der Waals surface area contributed by atoms with Crippen molar-refractivity contribution in [2.24, 2.45) is 0 Å². The van der Waals surface area contributed by atoms with Crippen molar-refractivity contribution >= 4 is 0 Å². The van der Waals surface area contributed by atoms with Gasteiger partial charge in [-0.2, -0.15) is 0 Å². The molecule has 1 fully saturated rings. The van der Waals surface area contributed by atoms with E-state index in [1.54, 1.807) is 0 Å². The zero-order chi connectivity index (χ0) is 7.61. The van der Waals surface area contributed by atoms with Gasteiger partial charge >= 0.3 is 0 Å². The van der Waals surface area contributed by atoms with Gasteiger partial charge in [0.2, 0.25) is 0 Å². The van der Waals surface area contributed by atoms with Gasteiger partial charge in [0.1, 0.15) is 19.2 Å². The molecule has 2 nitrogen and oxygen atoms in total. The molecule has 0 bridgehead atoms. The van der Waals surface area contributed by atoms with Gasteiger partial charge in [0.15, 0.2) is 0 Å². The highest BCUT2D eigenvalue weighted by Gasteiger charge is 2.27. The highest BCUT2D eigenvalue weighted by Crippen LogP contribution is 2.11. The minimum Gasteiger partial charge on any atom is -0.367 e. The fourth-order valence-corrected chi connectivity index (χ4v) is 1.53. The Morgan fingerprint density at radius 2 is 2.30 bits per heavy atom. The van der Waals surface area contributed by atoms with E-state index in [1.807, 2.05) is 0 Å². The van der Waals surface area contributed by atoms with Crippen molar-refractivity contribution in [2.75, 3.05) is 33.3 Å². The van der Waals surface area contributed by atoms with Crippen LogP contribution in [0.15, 0.2) is 0 Å². The van der Waals surface area contributed by atoms with Gasteiger partial charge in [0, 0.05) is 0 Å². The molecule has 0 amide bonds. The van der Waals surface area contributed by atoms with Gasteiger partial charge in [0.05, 0.1) is 20.2 Å². The number of quaternary nitrogens is 1. The largest absolute Gasteiger partial charge is 0.367 e. The second-order valence-electron chi connectivity index (χ2n) is 3.52.